The molecule has 110 valence electrons. The van der Waals surface area contributed by atoms with Crippen LogP contribution in [0.5, 0.6) is 0 Å². The zero-order valence-corrected chi connectivity index (χ0v) is 14.6. The molecule has 0 amide bonds. The van der Waals surface area contributed by atoms with E-state index in [1.54, 1.807) is 0 Å². The summed E-state index contributed by atoms with van der Waals surface area (Å²) in [7, 11) is 1.94. The van der Waals surface area contributed by atoms with Gasteiger partial charge in [-0.2, -0.15) is 5.10 Å². The lowest BCUT2D eigenvalue weighted by Gasteiger charge is -2.29. The zero-order chi connectivity index (χ0) is 14.8. The third-order valence-corrected chi connectivity index (χ3v) is 4.95. The number of nitrogens with zero attached hydrogens (tertiary/aromatic N) is 2. The minimum atomic E-state index is -0.314. The number of aliphatic hydroxyl groups excluding tert-OH is 1. The molecule has 1 aromatic heterocycles. The normalized spacial score (nSPS) is 15.6. The molecule has 0 aliphatic rings. The van der Waals surface area contributed by atoms with E-state index in [1.807, 2.05) is 11.7 Å². The van der Waals surface area contributed by atoms with E-state index in [0.717, 1.165) is 28.7 Å². The van der Waals surface area contributed by atoms with Crippen molar-refractivity contribution < 1.29 is 5.11 Å². The Balaban J connectivity index is 2.72. The third-order valence-electron chi connectivity index (χ3n) is 4.04. The van der Waals surface area contributed by atoms with Gasteiger partial charge in [-0.15, -0.1) is 0 Å². The van der Waals surface area contributed by atoms with E-state index >= 15 is 0 Å². The molecule has 1 aromatic rings. The average molecular weight is 331 g/mol. The molecule has 2 unspecified atom stereocenters. The van der Waals surface area contributed by atoms with Gasteiger partial charge in [0, 0.05) is 13.5 Å². The Labute approximate surface area is 125 Å². The molecule has 3 nitrogen and oxygen atoms in total. The zero-order valence-electron chi connectivity index (χ0n) is 13.0. The van der Waals surface area contributed by atoms with Gasteiger partial charge in [-0.3, -0.25) is 4.68 Å². The van der Waals surface area contributed by atoms with Crippen LogP contribution in [0, 0.1) is 11.3 Å². The Hall–Kier alpha value is -0.350. The van der Waals surface area contributed by atoms with Crippen molar-refractivity contribution >= 4 is 15.9 Å². The highest BCUT2D eigenvalue weighted by molar-refractivity contribution is 9.10. The third kappa shape index (κ3) is 4.32. The Kier molecular flexibility index (Phi) is 5.63. The number of aliphatic hydroxyl groups is 1. The smallest absolute Gasteiger partial charge is 0.0766 e. The molecule has 1 rings (SSSR count). The molecular formula is C15H27BrN2O. The lowest BCUT2D eigenvalue weighted by atomic mass is 9.78. The maximum Gasteiger partial charge on any atom is 0.0766 e. The first-order valence-electron chi connectivity index (χ1n) is 7.05. The molecule has 0 radical (unpaired) electrons. The van der Waals surface area contributed by atoms with E-state index in [2.05, 4.69) is 55.6 Å². The minimum Gasteiger partial charge on any atom is -0.393 e. The van der Waals surface area contributed by atoms with Crippen molar-refractivity contribution in [2.45, 2.75) is 60.0 Å². The van der Waals surface area contributed by atoms with E-state index in [4.69, 9.17) is 0 Å². The van der Waals surface area contributed by atoms with Gasteiger partial charge < -0.3 is 5.11 Å². The molecule has 0 aliphatic carbocycles. The van der Waals surface area contributed by atoms with Gasteiger partial charge in [0.15, 0.2) is 0 Å². The number of halogens is 1. The quantitative estimate of drug-likeness (QED) is 0.893. The topological polar surface area (TPSA) is 38.0 Å². The van der Waals surface area contributed by atoms with Gasteiger partial charge in [0.05, 0.1) is 22.0 Å². The lowest BCUT2D eigenvalue weighted by molar-refractivity contribution is 0.108. The first-order valence-corrected chi connectivity index (χ1v) is 7.84. The van der Waals surface area contributed by atoms with Gasteiger partial charge in [0.25, 0.3) is 0 Å². The van der Waals surface area contributed by atoms with Crippen LogP contribution in [0.4, 0.5) is 0 Å². The summed E-state index contributed by atoms with van der Waals surface area (Å²) in [5.41, 5.74) is 2.39. The van der Waals surface area contributed by atoms with Crippen LogP contribution in [0.2, 0.25) is 0 Å². The summed E-state index contributed by atoms with van der Waals surface area (Å²) in [6, 6.07) is 0. The highest BCUT2D eigenvalue weighted by atomic mass is 79.9. The molecule has 0 aromatic carbocycles. The van der Waals surface area contributed by atoms with E-state index < -0.39 is 0 Å². The predicted octanol–water partition coefficient (Wildman–Crippen LogP) is 3.72. The van der Waals surface area contributed by atoms with Crippen LogP contribution in [0.15, 0.2) is 4.47 Å². The molecule has 1 heterocycles. The van der Waals surface area contributed by atoms with Gasteiger partial charge in [0.2, 0.25) is 0 Å². The fraction of sp³-hybridized carbons (Fsp3) is 0.800. The molecular weight excluding hydrogens is 304 g/mol. The van der Waals surface area contributed by atoms with Gasteiger partial charge in [-0.05, 0) is 40.1 Å². The number of hydrogen-bond acceptors (Lipinski definition) is 2. The van der Waals surface area contributed by atoms with Crippen LogP contribution in [-0.2, 0) is 19.9 Å². The van der Waals surface area contributed by atoms with Gasteiger partial charge >= 0.3 is 0 Å². The number of aryl methyl sites for hydroxylation is 2. The summed E-state index contributed by atoms with van der Waals surface area (Å²) in [6.45, 7) is 11.0. The largest absolute Gasteiger partial charge is 0.393 e. The summed E-state index contributed by atoms with van der Waals surface area (Å²) < 4.78 is 2.94. The van der Waals surface area contributed by atoms with Crippen LogP contribution >= 0.6 is 15.9 Å². The van der Waals surface area contributed by atoms with E-state index in [-0.39, 0.29) is 11.5 Å². The van der Waals surface area contributed by atoms with Crippen LogP contribution in [0.25, 0.3) is 0 Å². The van der Waals surface area contributed by atoms with Gasteiger partial charge in [0.1, 0.15) is 0 Å². The molecule has 0 aliphatic heterocycles. The summed E-state index contributed by atoms with van der Waals surface area (Å²) in [5, 5.41) is 14.8. The van der Waals surface area contributed by atoms with E-state index in [0.29, 0.717) is 12.3 Å². The first kappa shape index (κ1) is 16.7. The van der Waals surface area contributed by atoms with Gasteiger partial charge in [-0.25, -0.2) is 0 Å². The number of hydrogen-bond donors (Lipinski definition) is 1. The van der Waals surface area contributed by atoms with Crippen LogP contribution in [-0.4, -0.2) is 21.0 Å². The fourth-order valence-corrected chi connectivity index (χ4v) is 2.89. The second-order valence-corrected chi connectivity index (χ2v) is 7.34. The number of rotatable bonds is 5. The number of aromatic nitrogens is 2. The predicted molar refractivity (Wildman–Crippen MR) is 83.2 cm³/mol. The summed E-state index contributed by atoms with van der Waals surface area (Å²) in [4.78, 5) is 0. The lowest BCUT2D eigenvalue weighted by Crippen LogP contribution is -2.24. The molecule has 0 bridgehead atoms. The van der Waals surface area contributed by atoms with Crippen molar-refractivity contribution in [2.75, 3.05) is 0 Å². The average Bonchev–Trinajstić information content (AvgIpc) is 2.55. The maximum atomic E-state index is 10.3. The molecule has 4 heteroatoms. The van der Waals surface area contributed by atoms with Crippen molar-refractivity contribution in [1.82, 2.24) is 9.78 Å². The van der Waals surface area contributed by atoms with Crippen molar-refractivity contribution in [1.29, 1.82) is 0 Å². The van der Waals surface area contributed by atoms with Crippen LogP contribution in [0.1, 0.15) is 52.4 Å². The highest BCUT2D eigenvalue weighted by Crippen LogP contribution is 2.30. The van der Waals surface area contributed by atoms with E-state index in [9.17, 15) is 5.11 Å². The second kappa shape index (κ2) is 6.40. The molecule has 1 N–H and O–H groups in total. The summed E-state index contributed by atoms with van der Waals surface area (Å²) in [6.07, 6.45) is 2.07. The molecule has 0 saturated heterocycles. The van der Waals surface area contributed by atoms with Crippen LogP contribution < -0.4 is 0 Å². The Morgan fingerprint density at radius 2 is 1.95 bits per heavy atom. The summed E-state index contributed by atoms with van der Waals surface area (Å²) >= 11 is 3.60. The Morgan fingerprint density at radius 3 is 2.37 bits per heavy atom. The monoisotopic (exact) mass is 330 g/mol. The molecule has 0 spiro atoms. The highest BCUT2D eigenvalue weighted by Gasteiger charge is 2.24. The Morgan fingerprint density at radius 1 is 1.37 bits per heavy atom. The van der Waals surface area contributed by atoms with Crippen molar-refractivity contribution in [3.8, 4) is 0 Å². The first-order chi connectivity index (χ1) is 8.66. The molecule has 2 atom stereocenters. The fourth-order valence-electron chi connectivity index (χ4n) is 2.11. The van der Waals surface area contributed by atoms with Crippen molar-refractivity contribution in [2.24, 2.45) is 18.4 Å². The minimum absolute atomic E-state index is 0.235. The maximum absolute atomic E-state index is 10.3. The second-order valence-electron chi connectivity index (χ2n) is 6.55. The van der Waals surface area contributed by atoms with Crippen molar-refractivity contribution in [3.63, 3.8) is 0 Å². The molecule has 0 saturated carbocycles. The molecule has 0 fully saturated rings. The van der Waals surface area contributed by atoms with Gasteiger partial charge in [-0.1, -0.05) is 34.6 Å². The van der Waals surface area contributed by atoms with E-state index in [1.165, 1.54) is 0 Å². The molecule has 19 heavy (non-hydrogen) atoms. The van der Waals surface area contributed by atoms with Crippen molar-refractivity contribution in [3.05, 3.63) is 15.9 Å². The Bertz CT molecular complexity index is 421. The SMILES string of the molecule is CCc1nn(C)c(CC(O)CC(C)C(C)(C)C)c1Br. The van der Waals surface area contributed by atoms with Crippen LogP contribution in [0.3, 0.4) is 0 Å². The summed E-state index contributed by atoms with van der Waals surface area (Å²) in [5.74, 6) is 0.486. The standard InChI is InChI=1S/C15H27BrN2O/c1-7-12-14(16)13(18(6)17-12)9-11(19)8-10(2)15(3,4)5/h10-11,19H,7-9H2,1-6H3.